The Balaban J connectivity index is 2.11. The molecule has 1 nitrogen and oxygen atoms in total. The third-order valence-corrected chi connectivity index (χ3v) is 2.29. The SMILES string of the molecule is OCC1CC1=Cc1ccc(F)cc1. The zero-order valence-electron chi connectivity index (χ0n) is 7.20. The van der Waals surface area contributed by atoms with Gasteiger partial charge in [0.05, 0.1) is 0 Å². The fourth-order valence-electron chi connectivity index (χ4n) is 1.36. The van der Waals surface area contributed by atoms with E-state index in [-0.39, 0.29) is 12.4 Å². The average molecular weight is 178 g/mol. The summed E-state index contributed by atoms with van der Waals surface area (Å²) in [6.45, 7) is 0.229. The monoisotopic (exact) mass is 178 g/mol. The van der Waals surface area contributed by atoms with Crippen LogP contribution in [0.5, 0.6) is 0 Å². The van der Waals surface area contributed by atoms with Gasteiger partial charge in [0.25, 0.3) is 0 Å². The highest BCUT2D eigenvalue weighted by molar-refractivity contribution is 5.57. The molecule has 1 aliphatic rings. The number of benzene rings is 1. The number of hydrogen-bond acceptors (Lipinski definition) is 1. The van der Waals surface area contributed by atoms with Crippen molar-refractivity contribution in [2.24, 2.45) is 5.92 Å². The zero-order valence-corrected chi connectivity index (χ0v) is 7.20. The third kappa shape index (κ3) is 1.95. The van der Waals surface area contributed by atoms with Crippen LogP contribution in [0.4, 0.5) is 4.39 Å². The van der Waals surface area contributed by atoms with Crippen molar-refractivity contribution >= 4 is 6.08 Å². The van der Waals surface area contributed by atoms with Gasteiger partial charge in [-0.2, -0.15) is 0 Å². The third-order valence-electron chi connectivity index (χ3n) is 2.29. The Morgan fingerprint density at radius 3 is 2.62 bits per heavy atom. The number of halogens is 1. The minimum atomic E-state index is -0.211. The molecule has 1 aliphatic carbocycles. The lowest BCUT2D eigenvalue weighted by molar-refractivity contribution is 0.281. The Hall–Kier alpha value is -1.15. The van der Waals surface area contributed by atoms with Gasteiger partial charge in [-0.1, -0.05) is 23.8 Å². The fraction of sp³-hybridized carbons (Fsp3) is 0.273. The predicted octanol–water partition coefficient (Wildman–Crippen LogP) is 2.22. The highest BCUT2D eigenvalue weighted by Crippen LogP contribution is 2.38. The van der Waals surface area contributed by atoms with Gasteiger partial charge in [0.2, 0.25) is 0 Å². The summed E-state index contributed by atoms with van der Waals surface area (Å²) in [6.07, 6.45) is 2.99. The van der Waals surface area contributed by atoms with Crippen molar-refractivity contribution in [2.45, 2.75) is 6.42 Å². The molecule has 2 heteroatoms. The van der Waals surface area contributed by atoms with Gasteiger partial charge in [-0.15, -0.1) is 0 Å². The predicted molar refractivity (Wildman–Crippen MR) is 49.6 cm³/mol. The van der Waals surface area contributed by atoms with Gasteiger partial charge in [-0.05, 0) is 24.1 Å². The Bertz CT molecular complexity index is 326. The normalized spacial score (nSPS) is 23.5. The van der Waals surface area contributed by atoms with Gasteiger partial charge < -0.3 is 5.11 Å². The number of aliphatic hydroxyl groups excluding tert-OH is 1. The van der Waals surface area contributed by atoms with E-state index in [1.807, 2.05) is 6.08 Å². The molecule has 1 N–H and O–H groups in total. The van der Waals surface area contributed by atoms with E-state index in [0.29, 0.717) is 5.92 Å². The zero-order chi connectivity index (χ0) is 9.26. The van der Waals surface area contributed by atoms with Crippen LogP contribution < -0.4 is 0 Å². The molecular weight excluding hydrogens is 167 g/mol. The topological polar surface area (TPSA) is 20.2 Å². The smallest absolute Gasteiger partial charge is 0.123 e. The van der Waals surface area contributed by atoms with Crippen LogP contribution in [0.1, 0.15) is 12.0 Å². The summed E-state index contributed by atoms with van der Waals surface area (Å²) < 4.78 is 12.5. The maximum absolute atomic E-state index is 12.5. The molecule has 0 heterocycles. The molecule has 13 heavy (non-hydrogen) atoms. The molecule has 1 unspecified atom stereocenters. The lowest BCUT2D eigenvalue weighted by atomic mass is 10.2. The summed E-state index contributed by atoms with van der Waals surface area (Å²) in [5.41, 5.74) is 2.27. The Labute approximate surface area is 76.5 Å². The van der Waals surface area contributed by atoms with Gasteiger partial charge in [0.15, 0.2) is 0 Å². The summed E-state index contributed by atoms with van der Waals surface area (Å²) in [4.78, 5) is 0. The second-order valence-corrected chi connectivity index (χ2v) is 3.35. The maximum atomic E-state index is 12.5. The van der Waals surface area contributed by atoms with Crippen LogP contribution in [-0.2, 0) is 0 Å². The first-order chi connectivity index (χ1) is 6.29. The molecule has 0 amide bonds. The van der Waals surface area contributed by atoms with Crippen molar-refractivity contribution in [1.82, 2.24) is 0 Å². The molecule has 1 saturated carbocycles. The lowest BCUT2D eigenvalue weighted by Crippen LogP contribution is -1.81. The van der Waals surface area contributed by atoms with Crippen molar-refractivity contribution in [3.05, 3.63) is 41.2 Å². The van der Waals surface area contributed by atoms with Crippen molar-refractivity contribution < 1.29 is 9.50 Å². The van der Waals surface area contributed by atoms with Crippen LogP contribution >= 0.6 is 0 Å². The Morgan fingerprint density at radius 1 is 1.38 bits per heavy atom. The minimum absolute atomic E-state index is 0.211. The highest BCUT2D eigenvalue weighted by Gasteiger charge is 2.27. The van der Waals surface area contributed by atoms with E-state index in [4.69, 9.17) is 5.11 Å². The first kappa shape index (κ1) is 8.45. The van der Waals surface area contributed by atoms with E-state index in [2.05, 4.69) is 0 Å². The molecule has 0 saturated heterocycles. The van der Waals surface area contributed by atoms with Crippen LogP contribution in [0.3, 0.4) is 0 Å². The molecule has 0 spiro atoms. The second kappa shape index (κ2) is 3.30. The van der Waals surface area contributed by atoms with Crippen LogP contribution in [0.2, 0.25) is 0 Å². The van der Waals surface area contributed by atoms with Gasteiger partial charge in [0, 0.05) is 12.5 Å². The average Bonchev–Trinajstić information content (AvgIpc) is 2.88. The number of aliphatic hydroxyl groups is 1. The lowest BCUT2D eigenvalue weighted by Gasteiger charge is -1.91. The largest absolute Gasteiger partial charge is 0.396 e. The quantitative estimate of drug-likeness (QED) is 0.736. The van der Waals surface area contributed by atoms with E-state index in [1.54, 1.807) is 12.1 Å². The standard InChI is InChI=1S/C11H11FO/c12-11-3-1-8(2-4-11)5-9-6-10(9)7-13/h1-5,10,13H,6-7H2. The van der Waals surface area contributed by atoms with Crippen molar-refractivity contribution in [1.29, 1.82) is 0 Å². The molecule has 0 bridgehead atoms. The maximum Gasteiger partial charge on any atom is 0.123 e. The van der Waals surface area contributed by atoms with Crippen LogP contribution in [0.25, 0.3) is 6.08 Å². The molecule has 0 aliphatic heterocycles. The Morgan fingerprint density at radius 2 is 2.08 bits per heavy atom. The molecular formula is C11H11FO. The first-order valence-electron chi connectivity index (χ1n) is 4.36. The second-order valence-electron chi connectivity index (χ2n) is 3.35. The summed E-state index contributed by atoms with van der Waals surface area (Å²) >= 11 is 0. The van der Waals surface area contributed by atoms with Crippen molar-refractivity contribution in [3.63, 3.8) is 0 Å². The molecule has 2 rings (SSSR count). The van der Waals surface area contributed by atoms with Gasteiger partial charge >= 0.3 is 0 Å². The Kier molecular flexibility index (Phi) is 2.15. The van der Waals surface area contributed by atoms with Gasteiger partial charge in [-0.25, -0.2) is 4.39 Å². The molecule has 0 aromatic heterocycles. The van der Waals surface area contributed by atoms with Crippen molar-refractivity contribution in [2.75, 3.05) is 6.61 Å². The molecule has 1 atom stereocenters. The van der Waals surface area contributed by atoms with Crippen LogP contribution in [-0.4, -0.2) is 11.7 Å². The fourth-order valence-corrected chi connectivity index (χ4v) is 1.36. The van der Waals surface area contributed by atoms with Crippen LogP contribution in [0, 0.1) is 11.7 Å². The summed E-state index contributed by atoms with van der Waals surface area (Å²) in [5.74, 6) is 0.140. The summed E-state index contributed by atoms with van der Waals surface area (Å²) in [5, 5.41) is 8.80. The molecule has 1 aromatic rings. The number of hydrogen-bond donors (Lipinski definition) is 1. The molecule has 1 aromatic carbocycles. The highest BCUT2D eigenvalue weighted by atomic mass is 19.1. The summed E-state index contributed by atoms with van der Waals surface area (Å²) in [6, 6.07) is 6.38. The van der Waals surface area contributed by atoms with E-state index in [9.17, 15) is 4.39 Å². The van der Waals surface area contributed by atoms with Crippen LogP contribution in [0.15, 0.2) is 29.8 Å². The first-order valence-corrected chi connectivity index (χ1v) is 4.36. The summed E-state index contributed by atoms with van der Waals surface area (Å²) in [7, 11) is 0. The number of rotatable bonds is 2. The van der Waals surface area contributed by atoms with E-state index in [0.717, 1.165) is 12.0 Å². The van der Waals surface area contributed by atoms with Gasteiger partial charge in [-0.3, -0.25) is 0 Å². The van der Waals surface area contributed by atoms with E-state index < -0.39 is 0 Å². The van der Waals surface area contributed by atoms with Gasteiger partial charge in [0.1, 0.15) is 5.82 Å². The minimum Gasteiger partial charge on any atom is -0.396 e. The van der Waals surface area contributed by atoms with Crippen molar-refractivity contribution in [3.8, 4) is 0 Å². The van der Waals surface area contributed by atoms with E-state index in [1.165, 1.54) is 17.7 Å². The van der Waals surface area contributed by atoms with E-state index >= 15 is 0 Å². The molecule has 1 fully saturated rings. The molecule has 0 radical (unpaired) electrons. The molecule has 68 valence electrons.